The van der Waals surface area contributed by atoms with E-state index in [2.05, 4.69) is 0 Å². The molecule has 0 aliphatic carbocycles. The van der Waals surface area contributed by atoms with E-state index >= 15 is 0 Å². The van der Waals surface area contributed by atoms with E-state index in [-0.39, 0.29) is 18.4 Å². The van der Waals surface area contributed by atoms with Gasteiger partial charge in [-0.1, -0.05) is 6.92 Å². The van der Waals surface area contributed by atoms with Gasteiger partial charge in [-0.25, -0.2) is 0 Å². The smallest absolute Gasteiger partial charge is 0.303 e. The number of aliphatic carboxylic acids is 1. The number of carboxylic acid groups (broad SMARTS) is 1. The minimum atomic E-state index is -0.740. The van der Waals surface area contributed by atoms with Gasteiger partial charge >= 0.3 is 5.97 Å². The molecule has 0 saturated carbocycles. The second-order valence-electron chi connectivity index (χ2n) is 4.28. The third kappa shape index (κ3) is 3.80. The van der Waals surface area contributed by atoms with Gasteiger partial charge in [0, 0.05) is 25.7 Å². The Morgan fingerprint density at radius 1 is 1.53 bits per heavy atom. The maximum Gasteiger partial charge on any atom is 0.303 e. The zero-order valence-electron chi connectivity index (χ0n) is 9.32. The number of rotatable bonds is 5. The second kappa shape index (κ2) is 6.08. The lowest BCUT2D eigenvalue weighted by atomic mass is 9.78. The summed E-state index contributed by atoms with van der Waals surface area (Å²) in [6, 6.07) is 0.00389. The predicted octanol–water partition coefficient (Wildman–Crippen LogP) is 1.24. The van der Waals surface area contributed by atoms with E-state index in [1.165, 1.54) is 0 Å². The fraction of sp³-hybridized carbons (Fsp3) is 0.909. The summed E-state index contributed by atoms with van der Waals surface area (Å²) in [7, 11) is 0. The van der Waals surface area contributed by atoms with Crippen LogP contribution in [0.15, 0.2) is 0 Å². The Morgan fingerprint density at radius 3 is 2.60 bits per heavy atom. The first-order valence-corrected chi connectivity index (χ1v) is 5.70. The molecule has 1 rings (SSSR count). The first kappa shape index (κ1) is 12.5. The highest BCUT2D eigenvalue weighted by Crippen LogP contribution is 2.29. The first-order chi connectivity index (χ1) is 7.15. The van der Waals surface area contributed by atoms with Crippen LogP contribution in [0.2, 0.25) is 0 Å². The van der Waals surface area contributed by atoms with Gasteiger partial charge in [-0.3, -0.25) is 4.79 Å². The molecule has 0 aromatic heterocycles. The molecule has 1 aliphatic rings. The molecule has 0 radical (unpaired) electrons. The van der Waals surface area contributed by atoms with Gasteiger partial charge < -0.3 is 15.6 Å². The molecule has 0 amide bonds. The number of ether oxygens (including phenoxy) is 1. The van der Waals surface area contributed by atoms with Crippen molar-refractivity contribution >= 4 is 5.97 Å². The van der Waals surface area contributed by atoms with E-state index in [0.29, 0.717) is 5.92 Å². The van der Waals surface area contributed by atoms with E-state index in [1.54, 1.807) is 0 Å². The molecular formula is C11H21NO3. The number of hydrogen-bond acceptors (Lipinski definition) is 3. The van der Waals surface area contributed by atoms with Crippen LogP contribution in [0, 0.1) is 11.8 Å². The Morgan fingerprint density at radius 2 is 2.13 bits per heavy atom. The van der Waals surface area contributed by atoms with Gasteiger partial charge in [0.25, 0.3) is 0 Å². The third-order valence-electron chi connectivity index (χ3n) is 3.30. The predicted molar refractivity (Wildman–Crippen MR) is 57.6 cm³/mol. The van der Waals surface area contributed by atoms with Crippen LogP contribution in [0.5, 0.6) is 0 Å². The van der Waals surface area contributed by atoms with Crippen molar-refractivity contribution in [2.45, 2.75) is 38.6 Å². The Labute approximate surface area is 90.8 Å². The van der Waals surface area contributed by atoms with Crippen LogP contribution < -0.4 is 5.73 Å². The van der Waals surface area contributed by atoms with Gasteiger partial charge in [0.1, 0.15) is 0 Å². The molecule has 0 spiro atoms. The first-order valence-electron chi connectivity index (χ1n) is 5.70. The standard InChI is InChI=1S/C11H21NO3/c1-2-10(12)9(7-11(13)14)8-3-5-15-6-4-8/h8-10H,2-7,12H2,1H3,(H,13,14). The highest BCUT2D eigenvalue weighted by Gasteiger charge is 2.29. The molecule has 88 valence electrons. The Bertz CT molecular complexity index is 202. The normalized spacial score (nSPS) is 22.3. The van der Waals surface area contributed by atoms with Crippen molar-refractivity contribution in [2.75, 3.05) is 13.2 Å². The van der Waals surface area contributed by atoms with Crippen LogP contribution in [0.1, 0.15) is 32.6 Å². The molecule has 0 aromatic rings. The molecule has 1 fully saturated rings. The molecule has 0 bridgehead atoms. The zero-order chi connectivity index (χ0) is 11.3. The van der Waals surface area contributed by atoms with Gasteiger partial charge in [-0.2, -0.15) is 0 Å². The highest BCUT2D eigenvalue weighted by atomic mass is 16.5. The summed E-state index contributed by atoms with van der Waals surface area (Å²) in [4.78, 5) is 10.8. The Kier molecular flexibility index (Phi) is 5.05. The highest BCUT2D eigenvalue weighted by molar-refractivity contribution is 5.67. The van der Waals surface area contributed by atoms with Crippen LogP contribution >= 0.6 is 0 Å². The summed E-state index contributed by atoms with van der Waals surface area (Å²) in [5.41, 5.74) is 5.99. The topological polar surface area (TPSA) is 72.6 Å². The van der Waals surface area contributed by atoms with Crippen LogP contribution in [0.3, 0.4) is 0 Å². The lowest BCUT2D eigenvalue weighted by Gasteiger charge is -2.32. The molecule has 1 saturated heterocycles. The maximum absolute atomic E-state index is 10.8. The van der Waals surface area contributed by atoms with Crippen LogP contribution in [-0.4, -0.2) is 30.3 Å². The van der Waals surface area contributed by atoms with Crippen molar-refractivity contribution in [3.63, 3.8) is 0 Å². The average molecular weight is 215 g/mol. The van der Waals surface area contributed by atoms with Crippen molar-refractivity contribution in [1.29, 1.82) is 0 Å². The molecule has 4 nitrogen and oxygen atoms in total. The summed E-state index contributed by atoms with van der Waals surface area (Å²) in [6.07, 6.45) is 2.94. The molecule has 2 atom stereocenters. The number of nitrogens with two attached hydrogens (primary N) is 1. The van der Waals surface area contributed by atoms with Gasteiger partial charge in [0.2, 0.25) is 0 Å². The zero-order valence-corrected chi connectivity index (χ0v) is 9.32. The quantitative estimate of drug-likeness (QED) is 0.723. The molecule has 1 heterocycles. The number of carboxylic acids is 1. The summed E-state index contributed by atoms with van der Waals surface area (Å²) in [5, 5.41) is 8.87. The number of hydrogen-bond donors (Lipinski definition) is 2. The second-order valence-corrected chi connectivity index (χ2v) is 4.28. The lowest BCUT2D eigenvalue weighted by molar-refractivity contribution is -0.139. The van der Waals surface area contributed by atoms with Crippen molar-refractivity contribution in [3.8, 4) is 0 Å². The fourth-order valence-electron chi connectivity index (χ4n) is 2.32. The average Bonchev–Trinajstić information content (AvgIpc) is 2.26. The van der Waals surface area contributed by atoms with E-state index in [9.17, 15) is 4.79 Å². The summed E-state index contributed by atoms with van der Waals surface area (Å²) < 4.78 is 5.28. The largest absolute Gasteiger partial charge is 0.481 e. The lowest BCUT2D eigenvalue weighted by Crippen LogP contribution is -2.38. The van der Waals surface area contributed by atoms with E-state index in [1.807, 2.05) is 6.92 Å². The van der Waals surface area contributed by atoms with Gasteiger partial charge in [-0.05, 0) is 31.1 Å². The Balaban J connectivity index is 2.56. The van der Waals surface area contributed by atoms with Crippen LogP contribution in [0.4, 0.5) is 0 Å². The molecule has 2 unspecified atom stereocenters. The monoisotopic (exact) mass is 215 g/mol. The minimum Gasteiger partial charge on any atom is -0.481 e. The van der Waals surface area contributed by atoms with Crippen LogP contribution in [-0.2, 0) is 9.53 Å². The molecular weight excluding hydrogens is 194 g/mol. The molecule has 1 aliphatic heterocycles. The van der Waals surface area contributed by atoms with E-state index in [0.717, 1.165) is 32.5 Å². The number of carbonyl (C=O) groups is 1. The maximum atomic E-state index is 10.8. The molecule has 15 heavy (non-hydrogen) atoms. The summed E-state index contributed by atoms with van der Waals surface area (Å²) in [6.45, 7) is 3.51. The summed E-state index contributed by atoms with van der Waals surface area (Å²) in [5.74, 6) is -0.211. The van der Waals surface area contributed by atoms with Gasteiger partial charge in [0.15, 0.2) is 0 Å². The fourth-order valence-corrected chi connectivity index (χ4v) is 2.32. The third-order valence-corrected chi connectivity index (χ3v) is 3.30. The van der Waals surface area contributed by atoms with Gasteiger partial charge in [-0.15, -0.1) is 0 Å². The Hall–Kier alpha value is -0.610. The van der Waals surface area contributed by atoms with Crippen molar-refractivity contribution < 1.29 is 14.6 Å². The SMILES string of the molecule is CCC(N)C(CC(=O)O)C1CCOCC1. The van der Waals surface area contributed by atoms with E-state index < -0.39 is 5.97 Å². The molecule has 4 heteroatoms. The van der Waals surface area contributed by atoms with Crippen molar-refractivity contribution in [2.24, 2.45) is 17.6 Å². The summed E-state index contributed by atoms with van der Waals surface area (Å²) >= 11 is 0. The molecule has 3 N–H and O–H groups in total. The van der Waals surface area contributed by atoms with Crippen LogP contribution in [0.25, 0.3) is 0 Å². The van der Waals surface area contributed by atoms with E-state index in [4.69, 9.17) is 15.6 Å². The van der Waals surface area contributed by atoms with Crippen molar-refractivity contribution in [1.82, 2.24) is 0 Å². The van der Waals surface area contributed by atoms with Gasteiger partial charge in [0.05, 0.1) is 0 Å². The molecule has 0 aromatic carbocycles. The minimum absolute atomic E-state index is 0.00389. The van der Waals surface area contributed by atoms with Crippen molar-refractivity contribution in [3.05, 3.63) is 0 Å².